The zero-order chi connectivity index (χ0) is 17.4. The second kappa shape index (κ2) is 6.78. The fourth-order valence-electron chi connectivity index (χ4n) is 3.94. The van der Waals surface area contributed by atoms with Crippen molar-refractivity contribution in [3.63, 3.8) is 0 Å². The Bertz CT molecular complexity index is 660. The number of nitrogens with zero attached hydrogens (tertiary/aromatic N) is 2. The summed E-state index contributed by atoms with van der Waals surface area (Å²) in [4.78, 5) is 24.4. The molecule has 4 rings (SSSR count). The number of carbonyl (C=O) groups is 2. The Morgan fingerprint density at radius 3 is 2.76 bits per heavy atom. The van der Waals surface area contributed by atoms with Gasteiger partial charge in [-0.1, -0.05) is 12.8 Å². The van der Waals surface area contributed by atoms with Crippen molar-refractivity contribution >= 4 is 17.6 Å². The third kappa shape index (κ3) is 3.86. The molecule has 2 amide bonds. The van der Waals surface area contributed by atoms with Crippen LogP contribution in [0.2, 0.25) is 0 Å². The lowest BCUT2D eigenvalue weighted by Crippen LogP contribution is -2.52. The van der Waals surface area contributed by atoms with E-state index < -0.39 is 6.29 Å². The summed E-state index contributed by atoms with van der Waals surface area (Å²) in [6.45, 7) is 1.98. The summed E-state index contributed by atoms with van der Waals surface area (Å²) in [6.07, 6.45) is 7.68. The van der Waals surface area contributed by atoms with E-state index in [0.29, 0.717) is 30.5 Å². The number of nitrogens with one attached hydrogen (secondary N) is 3. The van der Waals surface area contributed by atoms with Crippen molar-refractivity contribution in [1.82, 2.24) is 20.4 Å². The maximum absolute atomic E-state index is 12.5. The highest BCUT2D eigenvalue weighted by Gasteiger charge is 2.31. The van der Waals surface area contributed by atoms with E-state index in [1.54, 1.807) is 4.68 Å². The molecule has 3 aliphatic rings. The van der Waals surface area contributed by atoms with E-state index >= 15 is 0 Å². The van der Waals surface area contributed by atoms with Gasteiger partial charge in [-0.05, 0) is 38.5 Å². The minimum atomic E-state index is -0.412. The quantitative estimate of drug-likeness (QED) is 0.764. The first-order chi connectivity index (χ1) is 12.1. The van der Waals surface area contributed by atoms with Crippen molar-refractivity contribution in [2.24, 2.45) is 5.92 Å². The lowest BCUT2D eigenvalue weighted by atomic mass is 10.0. The number of amides is 2. The van der Waals surface area contributed by atoms with Gasteiger partial charge >= 0.3 is 0 Å². The molecule has 1 aromatic heterocycles. The predicted molar refractivity (Wildman–Crippen MR) is 93.8 cm³/mol. The molecule has 0 bridgehead atoms. The van der Waals surface area contributed by atoms with Gasteiger partial charge in [0.05, 0.1) is 5.69 Å². The summed E-state index contributed by atoms with van der Waals surface area (Å²) in [5, 5.41) is 14.0. The van der Waals surface area contributed by atoms with Gasteiger partial charge in [-0.15, -0.1) is 0 Å². The summed E-state index contributed by atoms with van der Waals surface area (Å²) < 4.78 is 1.73. The van der Waals surface area contributed by atoms with Gasteiger partial charge in [-0.3, -0.25) is 14.9 Å². The first kappa shape index (κ1) is 16.6. The zero-order valence-electron chi connectivity index (χ0n) is 14.8. The van der Waals surface area contributed by atoms with Gasteiger partial charge in [0.15, 0.2) is 6.29 Å². The lowest BCUT2D eigenvalue weighted by molar-refractivity contribution is -0.125. The Kier molecular flexibility index (Phi) is 4.50. The molecular weight excluding hydrogens is 318 g/mol. The highest BCUT2D eigenvalue weighted by atomic mass is 16.2. The Morgan fingerprint density at radius 2 is 2.08 bits per heavy atom. The second-order valence-electron chi connectivity index (χ2n) is 7.82. The molecule has 1 aliphatic heterocycles. The van der Waals surface area contributed by atoms with Crippen molar-refractivity contribution in [1.29, 1.82) is 0 Å². The molecule has 0 aromatic carbocycles. The maximum Gasteiger partial charge on any atom is 0.225 e. The Labute approximate surface area is 147 Å². The van der Waals surface area contributed by atoms with Crippen LogP contribution in [0.25, 0.3) is 0 Å². The number of rotatable bonds is 5. The van der Waals surface area contributed by atoms with Crippen molar-refractivity contribution in [3.05, 3.63) is 11.8 Å². The average Bonchev–Trinajstić information content (AvgIpc) is 3.12. The van der Waals surface area contributed by atoms with Crippen molar-refractivity contribution in [2.45, 2.75) is 76.5 Å². The number of carbonyl (C=O) groups excluding carboxylic acids is 2. The second-order valence-corrected chi connectivity index (χ2v) is 7.82. The van der Waals surface area contributed by atoms with E-state index in [1.807, 2.05) is 13.0 Å². The Morgan fingerprint density at radius 1 is 1.32 bits per heavy atom. The number of hydrogen-bond donors (Lipinski definition) is 3. The molecule has 25 heavy (non-hydrogen) atoms. The molecule has 7 nitrogen and oxygen atoms in total. The van der Waals surface area contributed by atoms with Gasteiger partial charge in [0.2, 0.25) is 11.8 Å². The molecule has 3 fully saturated rings. The molecule has 2 unspecified atom stereocenters. The van der Waals surface area contributed by atoms with E-state index in [0.717, 1.165) is 31.4 Å². The van der Waals surface area contributed by atoms with Gasteiger partial charge in [0, 0.05) is 30.9 Å². The fraction of sp³-hybridized carbons (Fsp3) is 0.722. The summed E-state index contributed by atoms with van der Waals surface area (Å²) in [5.41, 5.74) is 1.01. The van der Waals surface area contributed by atoms with E-state index in [2.05, 4.69) is 21.0 Å². The van der Waals surface area contributed by atoms with Crippen LogP contribution in [0.3, 0.4) is 0 Å². The molecule has 2 heterocycles. The van der Waals surface area contributed by atoms with Crippen LogP contribution in [0.15, 0.2) is 6.07 Å². The first-order valence-corrected chi connectivity index (χ1v) is 9.53. The SMILES string of the molecule is CC1CC(=O)NC(n2nc(C3CC3)cc2NC(=O)CC2CCCC2)N1. The minimum Gasteiger partial charge on any atom is -0.322 e. The first-order valence-electron chi connectivity index (χ1n) is 9.53. The molecule has 0 spiro atoms. The topological polar surface area (TPSA) is 88.1 Å². The monoisotopic (exact) mass is 345 g/mol. The van der Waals surface area contributed by atoms with E-state index in [9.17, 15) is 9.59 Å². The van der Waals surface area contributed by atoms with Gasteiger partial charge in [0.25, 0.3) is 0 Å². The van der Waals surface area contributed by atoms with Gasteiger partial charge in [0.1, 0.15) is 5.82 Å². The predicted octanol–water partition coefficient (Wildman–Crippen LogP) is 2.23. The van der Waals surface area contributed by atoms with Crippen molar-refractivity contribution in [2.75, 3.05) is 5.32 Å². The van der Waals surface area contributed by atoms with Gasteiger partial charge in [-0.2, -0.15) is 5.10 Å². The minimum absolute atomic E-state index is 0.00274. The molecule has 136 valence electrons. The number of hydrogen-bond acceptors (Lipinski definition) is 4. The molecule has 1 saturated heterocycles. The standard InChI is InChI=1S/C18H27N5O2/c1-11-8-16(24)21-18(19-11)23-15(10-14(22-23)13-6-7-13)20-17(25)9-12-4-2-3-5-12/h10-13,18-19H,2-9H2,1H3,(H,20,25)(H,21,24). The Balaban J connectivity index is 1.51. The van der Waals surface area contributed by atoms with Crippen LogP contribution in [0, 0.1) is 5.92 Å². The summed E-state index contributed by atoms with van der Waals surface area (Å²) in [7, 11) is 0. The van der Waals surface area contributed by atoms with Crippen molar-refractivity contribution in [3.8, 4) is 0 Å². The normalized spacial score (nSPS) is 27.3. The molecule has 2 saturated carbocycles. The average molecular weight is 345 g/mol. The molecular formula is C18H27N5O2. The fourth-order valence-corrected chi connectivity index (χ4v) is 3.94. The molecule has 0 radical (unpaired) electrons. The van der Waals surface area contributed by atoms with Crippen LogP contribution >= 0.6 is 0 Å². The smallest absolute Gasteiger partial charge is 0.225 e. The van der Waals surface area contributed by atoms with Crippen LogP contribution < -0.4 is 16.0 Å². The zero-order valence-corrected chi connectivity index (χ0v) is 14.8. The van der Waals surface area contributed by atoms with E-state index in [1.165, 1.54) is 12.8 Å². The van der Waals surface area contributed by atoms with Crippen LogP contribution in [-0.4, -0.2) is 27.6 Å². The van der Waals surface area contributed by atoms with Gasteiger partial charge < -0.3 is 10.6 Å². The summed E-state index contributed by atoms with van der Waals surface area (Å²) in [5.74, 6) is 1.72. The summed E-state index contributed by atoms with van der Waals surface area (Å²) in [6, 6.07) is 2.05. The number of aromatic nitrogens is 2. The van der Waals surface area contributed by atoms with E-state index in [4.69, 9.17) is 0 Å². The van der Waals surface area contributed by atoms with Crippen LogP contribution in [0.1, 0.15) is 76.2 Å². The van der Waals surface area contributed by atoms with Gasteiger partial charge in [-0.25, -0.2) is 4.68 Å². The van der Waals surface area contributed by atoms with Crippen molar-refractivity contribution < 1.29 is 9.59 Å². The van der Waals surface area contributed by atoms with Crippen LogP contribution in [-0.2, 0) is 9.59 Å². The molecule has 1 aromatic rings. The van der Waals surface area contributed by atoms with Crippen LogP contribution in [0.5, 0.6) is 0 Å². The molecule has 2 aliphatic carbocycles. The largest absolute Gasteiger partial charge is 0.322 e. The molecule has 2 atom stereocenters. The third-order valence-corrected chi connectivity index (χ3v) is 5.44. The maximum atomic E-state index is 12.5. The van der Waals surface area contributed by atoms with E-state index in [-0.39, 0.29) is 17.9 Å². The lowest BCUT2D eigenvalue weighted by Gasteiger charge is -2.30. The molecule has 3 N–H and O–H groups in total. The summed E-state index contributed by atoms with van der Waals surface area (Å²) >= 11 is 0. The van der Waals surface area contributed by atoms with Crippen LogP contribution in [0.4, 0.5) is 5.82 Å². The Hall–Kier alpha value is -1.89. The highest BCUT2D eigenvalue weighted by molar-refractivity contribution is 5.90. The highest BCUT2D eigenvalue weighted by Crippen LogP contribution is 2.40. The number of anilines is 1. The third-order valence-electron chi connectivity index (χ3n) is 5.44. The molecule has 7 heteroatoms.